The van der Waals surface area contributed by atoms with E-state index in [0.29, 0.717) is 0 Å². The van der Waals surface area contributed by atoms with Crippen molar-refractivity contribution < 1.29 is 25.2 Å². The third-order valence-corrected chi connectivity index (χ3v) is 1.04. The molecular weight excluding hydrogens is 192 g/mol. The van der Waals surface area contributed by atoms with Gasteiger partial charge in [-0.1, -0.05) is 0 Å². The van der Waals surface area contributed by atoms with Gasteiger partial charge in [0.1, 0.15) is 12.2 Å². The van der Waals surface area contributed by atoms with Gasteiger partial charge in [-0.3, -0.25) is 0 Å². The fourth-order valence-corrected chi connectivity index (χ4v) is 0.446. The number of aliphatic hydroxyl groups excluding tert-OH is 4. The Labute approximate surface area is 101 Å². The van der Waals surface area contributed by atoms with Crippen molar-refractivity contribution in [2.75, 3.05) is 26.4 Å². The Bertz CT molecular complexity index is 82.0. The van der Waals surface area contributed by atoms with E-state index in [4.69, 9.17) is 25.2 Å². The van der Waals surface area contributed by atoms with Crippen molar-refractivity contribution in [2.24, 2.45) is 0 Å². The summed E-state index contributed by atoms with van der Waals surface area (Å²) in [5, 5.41) is 34.1. The van der Waals surface area contributed by atoms with Crippen LogP contribution in [0.1, 0.15) is 0 Å². The Balaban J connectivity index is 0. The van der Waals surface area contributed by atoms with Gasteiger partial charge >= 0.3 is 37.7 Å². The van der Waals surface area contributed by atoms with Crippen molar-refractivity contribution in [1.29, 1.82) is 0 Å². The molecule has 0 radical (unpaired) electrons. The molecule has 0 saturated heterocycles. The Hall–Kier alpha value is 1.06. The minimum absolute atomic E-state index is 0. The topological polar surface area (TPSA) is 90.2 Å². The zero-order valence-corrected chi connectivity index (χ0v) is 6.18. The summed E-state index contributed by atoms with van der Waals surface area (Å²) in [5.41, 5.74) is 0. The second kappa shape index (κ2) is 10.1. The number of hydrogen-bond donors (Lipinski definition) is 4. The molecule has 12 heavy (non-hydrogen) atoms. The van der Waals surface area contributed by atoms with E-state index in [9.17, 15) is 0 Å². The number of rotatable bonds is 6. The Morgan fingerprint density at radius 2 is 1.25 bits per heavy atom. The van der Waals surface area contributed by atoms with E-state index in [1.165, 1.54) is 0 Å². The first-order valence-electron chi connectivity index (χ1n) is 3.36. The quantitative estimate of drug-likeness (QED) is 0.345. The fraction of sp³-hybridized carbons (Fsp3) is 1.00. The number of ether oxygens (including phenoxy) is 1. The third kappa shape index (κ3) is 9.15. The molecule has 0 amide bonds. The summed E-state index contributed by atoms with van der Waals surface area (Å²) in [7, 11) is 0. The van der Waals surface area contributed by atoms with Crippen LogP contribution in [-0.2, 0) is 4.74 Å². The summed E-state index contributed by atoms with van der Waals surface area (Å²) < 4.78 is 4.72. The van der Waals surface area contributed by atoms with Gasteiger partial charge in [-0.15, -0.1) is 0 Å². The van der Waals surface area contributed by atoms with Crippen molar-refractivity contribution in [3.8, 4) is 0 Å². The van der Waals surface area contributed by atoms with Crippen LogP contribution in [0.25, 0.3) is 0 Å². The van der Waals surface area contributed by atoms with E-state index in [-0.39, 0.29) is 64.2 Å². The number of aliphatic hydroxyl groups is 4. The van der Waals surface area contributed by atoms with Gasteiger partial charge in [-0.05, 0) is 0 Å². The summed E-state index contributed by atoms with van der Waals surface area (Å²) in [6, 6.07) is 0. The van der Waals surface area contributed by atoms with Gasteiger partial charge in [-0.2, -0.15) is 0 Å². The summed E-state index contributed by atoms with van der Waals surface area (Å²) >= 11 is 0. The molecule has 4 N–H and O–H groups in total. The van der Waals surface area contributed by atoms with Gasteiger partial charge in [0, 0.05) is 0 Å². The molecule has 0 saturated carbocycles. The van der Waals surface area contributed by atoms with Crippen molar-refractivity contribution in [3.63, 3.8) is 0 Å². The molecule has 72 valence electrons. The molecule has 0 aromatic heterocycles. The van der Waals surface area contributed by atoms with Crippen LogP contribution in [0.2, 0.25) is 0 Å². The van der Waals surface area contributed by atoms with E-state index >= 15 is 0 Å². The summed E-state index contributed by atoms with van der Waals surface area (Å²) in [4.78, 5) is 0. The van der Waals surface area contributed by atoms with Crippen LogP contribution < -0.4 is 0 Å². The summed E-state index contributed by atoms with van der Waals surface area (Å²) in [6.45, 7) is -0.800. The molecule has 0 heterocycles. The first-order valence-corrected chi connectivity index (χ1v) is 3.36. The molecule has 0 fully saturated rings. The maximum atomic E-state index is 8.72. The van der Waals surface area contributed by atoms with Crippen LogP contribution in [0.5, 0.6) is 0 Å². The van der Waals surface area contributed by atoms with Crippen LogP contribution in [0.15, 0.2) is 0 Å². The van der Waals surface area contributed by atoms with Crippen molar-refractivity contribution >= 4 is 37.7 Å². The average molecular weight is 208 g/mol. The standard InChI is InChI=1S/C6H14O5.Ca.2H/c7-1-5(9)3-11-4-6(10)2-8;;;/h5-10H,1-4H2;;;. The van der Waals surface area contributed by atoms with Crippen LogP contribution in [0.3, 0.4) is 0 Å². The Morgan fingerprint density at radius 1 is 0.917 bits per heavy atom. The number of hydrogen-bond acceptors (Lipinski definition) is 5. The molecule has 0 aliphatic rings. The van der Waals surface area contributed by atoms with Gasteiger partial charge in [0.15, 0.2) is 0 Å². The monoisotopic (exact) mass is 208 g/mol. The molecule has 0 bridgehead atoms. The van der Waals surface area contributed by atoms with E-state index in [1.54, 1.807) is 0 Å². The molecule has 0 rings (SSSR count). The van der Waals surface area contributed by atoms with Crippen molar-refractivity contribution in [1.82, 2.24) is 0 Å². The van der Waals surface area contributed by atoms with E-state index in [0.717, 1.165) is 0 Å². The Morgan fingerprint density at radius 3 is 1.50 bits per heavy atom. The van der Waals surface area contributed by atoms with Gasteiger partial charge in [0.25, 0.3) is 0 Å². The van der Waals surface area contributed by atoms with Crippen LogP contribution in [0.4, 0.5) is 0 Å². The maximum absolute atomic E-state index is 8.72. The molecule has 0 spiro atoms. The molecule has 0 aromatic carbocycles. The van der Waals surface area contributed by atoms with Gasteiger partial charge in [0.05, 0.1) is 26.4 Å². The second-order valence-corrected chi connectivity index (χ2v) is 2.21. The second-order valence-electron chi connectivity index (χ2n) is 2.21. The SMILES string of the molecule is OCC(O)COCC(O)CO.[CaH2]. The Kier molecular flexibility index (Phi) is 13.1. The van der Waals surface area contributed by atoms with Crippen molar-refractivity contribution in [2.45, 2.75) is 12.2 Å². The molecule has 2 unspecified atom stereocenters. The van der Waals surface area contributed by atoms with Crippen LogP contribution >= 0.6 is 0 Å². The molecule has 0 aliphatic heterocycles. The van der Waals surface area contributed by atoms with Gasteiger partial charge < -0.3 is 25.2 Å². The zero-order valence-electron chi connectivity index (χ0n) is 6.18. The van der Waals surface area contributed by atoms with E-state index in [1.807, 2.05) is 0 Å². The van der Waals surface area contributed by atoms with E-state index < -0.39 is 12.2 Å². The van der Waals surface area contributed by atoms with Gasteiger partial charge in [-0.25, -0.2) is 0 Å². The molecule has 0 aromatic rings. The first-order chi connectivity index (χ1) is 5.20. The minimum atomic E-state index is -0.916. The van der Waals surface area contributed by atoms with Crippen LogP contribution in [0, 0.1) is 0 Å². The summed E-state index contributed by atoms with van der Waals surface area (Å²) in [5.74, 6) is 0. The normalized spacial score (nSPS) is 15.0. The van der Waals surface area contributed by atoms with Gasteiger partial charge in [0.2, 0.25) is 0 Å². The summed E-state index contributed by atoms with van der Waals surface area (Å²) in [6.07, 6.45) is -1.83. The van der Waals surface area contributed by atoms with Crippen LogP contribution in [-0.4, -0.2) is 96.8 Å². The first kappa shape index (κ1) is 15.5. The molecule has 6 heteroatoms. The molecule has 2 atom stereocenters. The third-order valence-electron chi connectivity index (χ3n) is 1.04. The average Bonchev–Trinajstić information content (AvgIpc) is 2.04. The fourth-order valence-electron chi connectivity index (χ4n) is 0.446. The molecular formula is C6H16CaO5. The van der Waals surface area contributed by atoms with E-state index in [2.05, 4.69) is 0 Å². The van der Waals surface area contributed by atoms with Crippen molar-refractivity contribution in [3.05, 3.63) is 0 Å². The predicted octanol–water partition coefficient (Wildman–Crippen LogP) is -3.21. The molecule has 0 aliphatic carbocycles. The zero-order chi connectivity index (χ0) is 8.69. The predicted molar refractivity (Wildman–Crippen MR) is 45.5 cm³/mol. The molecule has 5 nitrogen and oxygen atoms in total.